The lowest BCUT2D eigenvalue weighted by Gasteiger charge is -2.04. The fraction of sp³-hybridized carbons (Fsp3) is 0.357. The Bertz CT molecular complexity index is 460. The fourth-order valence-electron chi connectivity index (χ4n) is 1.59. The second kappa shape index (κ2) is 6.36. The van der Waals surface area contributed by atoms with Gasteiger partial charge in [-0.25, -0.2) is 0 Å². The van der Waals surface area contributed by atoms with E-state index in [2.05, 4.69) is 11.8 Å². The van der Waals surface area contributed by atoms with Gasteiger partial charge in [0.1, 0.15) is 0 Å². The summed E-state index contributed by atoms with van der Waals surface area (Å²) in [6.45, 7) is 5.60. The van der Waals surface area contributed by atoms with Crippen LogP contribution in [0.1, 0.15) is 30.0 Å². The lowest BCUT2D eigenvalue weighted by atomic mass is 10.0. The molecule has 0 fully saturated rings. The maximum atomic E-state index is 10.7. The quantitative estimate of drug-likeness (QED) is 0.496. The predicted molar refractivity (Wildman–Crippen MR) is 75.0 cm³/mol. The van der Waals surface area contributed by atoms with Gasteiger partial charge in [0.05, 0.1) is 0 Å². The van der Waals surface area contributed by atoms with Crippen molar-refractivity contribution in [3.63, 3.8) is 0 Å². The Morgan fingerprint density at radius 3 is 2.47 bits per heavy atom. The molecule has 0 aliphatic carbocycles. The van der Waals surface area contributed by atoms with Gasteiger partial charge in [0, 0.05) is 30.3 Å². The molecule has 90 valence electrons. The highest BCUT2D eigenvalue weighted by Crippen LogP contribution is 2.16. The van der Waals surface area contributed by atoms with Crippen LogP contribution in [-0.2, 0) is 4.79 Å². The summed E-state index contributed by atoms with van der Waals surface area (Å²) in [4.78, 5) is 10.7. The molecule has 0 unspecified atom stereocenters. The van der Waals surface area contributed by atoms with Gasteiger partial charge in [0.2, 0.25) is 0 Å². The number of rotatable bonds is 2. The molecule has 0 aliphatic rings. The molecule has 0 aliphatic heterocycles. The van der Waals surface area contributed by atoms with E-state index in [9.17, 15) is 4.79 Å². The summed E-state index contributed by atoms with van der Waals surface area (Å²) in [6.07, 6.45) is 0.730. The average molecular weight is 247 g/mol. The zero-order chi connectivity index (χ0) is 12.8. The molecular weight excluding hydrogens is 230 g/mol. The number of nitrogens with two attached hydrogens (primary N) is 1. The van der Waals surface area contributed by atoms with Crippen LogP contribution in [0.25, 0.3) is 0 Å². The minimum Gasteiger partial charge on any atom is -0.399 e. The topological polar surface area (TPSA) is 43.1 Å². The van der Waals surface area contributed by atoms with Gasteiger partial charge in [-0.1, -0.05) is 23.6 Å². The highest BCUT2D eigenvalue weighted by atomic mass is 32.2. The van der Waals surface area contributed by atoms with Crippen LogP contribution in [0.15, 0.2) is 12.1 Å². The lowest BCUT2D eigenvalue weighted by Crippen LogP contribution is -1.93. The van der Waals surface area contributed by atoms with Gasteiger partial charge in [-0.3, -0.25) is 4.79 Å². The van der Waals surface area contributed by atoms with E-state index < -0.39 is 0 Å². The number of anilines is 1. The number of hydrogen-bond acceptors (Lipinski definition) is 3. The average Bonchev–Trinajstić information content (AvgIpc) is 2.20. The molecular formula is C14H17NOS. The smallest absolute Gasteiger partial charge is 0.185 e. The first-order chi connectivity index (χ1) is 8.00. The van der Waals surface area contributed by atoms with E-state index in [4.69, 9.17) is 5.73 Å². The molecule has 0 heterocycles. The third kappa shape index (κ3) is 4.54. The third-order valence-electron chi connectivity index (χ3n) is 2.30. The van der Waals surface area contributed by atoms with E-state index in [0.717, 1.165) is 34.6 Å². The number of nitrogen functional groups attached to an aromatic ring is 1. The maximum absolute atomic E-state index is 10.7. The van der Waals surface area contributed by atoms with Crippen molar-refractivity contribution in [2.45, 2.75) is 27.2 Å². The molecule has 0 aromatic heterocycles. The Balaban J connectivity index is 2.69. The second-order valence-electron chi connectivity index (χ2n) is 3.92. The Labute approximate surface area is 107 Å². The molecule has 0 bridgehead atoms. The van der Waals surface area contributed by atoms with Crippen molar-refractivity contribution in [3.8, 4) is 11.8 Å². The molecule has 1 aromatic carbocycles. The van der Waals surface area contributed by atoms with Crippen LogP contribution in [0, 0.1) is 25.7 Å². The van der Waals surface area contributed by atoms with E-state index in [1.165, 1.54) is 11.8 Å². The Morgan fingerprint density at radius 1 is 1.35 bits per heavy atom. The van der Waals surface area contributed by atoms with E-state index in [0.29, 0.717) is 0 Å². The first-order valence-corrected chi connectivity index (χ1v) is 6.48. The normalized spacial score (nSPS) is 9.59. The van der Waals surface area contributed by atoms with Crippen LogP contribution in [0.5, 0.6) is 0 Å². The van der Waals surface area contributed by atoms with Gasteiger partial charge in [0.25, 0.3) is 0 Å². The van der Waals surface area contributed by atoms with E-state index >= 15 is 0 Å². The Hall–Kier alpha value is -1.40. The molecule has 2 nitrogen and oxygen atoms in total. The summed E-state index contributed by atoms with van der Waals surface area (Å²) in [5.74, 6) is 7.01. The van der Waals surface area contributed by atoms with E-state index in [-0.39, 0.29) is 5.12 Å². The van der Waals surface area contributed by atoms with E-state index in [1.54, 1.807) is 6.92 Å². The monoisotopic (exact) mass is 247 g/mol. The third-order valence-corrected chi connectivity index (χ3v) is 3.12. The molecule has 0 atom stereocenters. The summed E-state index contributed by atoms with van der Waals surface area (Å²) in [5.41, 5.74) is 9.78. The van der Waals surface area contributed by atoms with Gasteiger partial charge in [0.15, 0.2) is 5.12 Å². The van der Waals surface area contributed by atoms with Crippen LogP contribution in [-0.4, -0.2) is 10.9 Å². The lowest BCUT2D eigenvalue weighted by molar-refractivity contribution is -0.109. The molecule has 2 N–H and O–H groups in total. The highest BCUT2D eigenvalue weighted by Gasteiger charge is 2.00. The van der Waals surface area contributed by atoms with Gasteiger partial charge in [-0.2, -0.15) is 0 Å². The molecule has 0 radical (unpaired) electrons. The standard InChI is InChI=1S/C14H17NOS/c1-10-8-13(15)9-11(2)14(10)6-4-5-7-17-12(3)16/h8-9H,5,7,15H2,1-3H3. The summed E-state index contributed by atoms with van der Waals surface area (Å²) >= 11 is 1.32. The molecule has 0 amide bonds. The van der Waals surface area contributed by atoms with Crippen molar-refractivity contribution in [3.05, 3.63) is 28.8 Å². The van der Waals surface area contributed by atoms with Gasteiger partial charge < -0.3 is 5.73 Å². The largest absolute Gasteiger partial charge is 0.399 e. The SMILES string of the molecule is CC(=O)SCCC#Cc1c(C)cc(N)cc1C. The number of carbonyl (C=O) groups is 1. The molecule has 0 saturated carbocycles. The maximum Gasteiger partial charge on any atom is 0.185 e. The highest BCUT2D eigenvalue weighted by molar-refractivity contribution is 8.13. The Morgan fingerprint density at radius 2 is 1.94 bits per heavy atom. The number of aryl methyl sites for hydroxylation is 2. The minimum absolute atomic E-state index is 0.145. The predicted octanol–water partition coefficient (Wildman–Crippen LogP) is 2.91. The summed E-state index contributed by atoms with van der Waals surface area (Å²) < 4.78 is 0. The van der Waals surface area contributed by atoms with Crippen LogP contribution >= 0.6 is 11.8 Å². The number of thioether (sulfide) groups is 1. The summed E-state index contributed by atoms with van der Waals surface area (Å²) in [5, 5.41) is 0.145. The van der Waals surface area contributed by atoms with Crippen molar-refractivity contribution >= 4 is 22.6 Å². The number of carbonyl (C=O) groups excluding carboxylic acids is 1. The molecule has 0 spiro atoms. The second-order valence-corrected chi connectivity index (χ2v) is 5.19. The zero-order valence-corrected chi connectivity index (χ0v) is 11.3. The minimum atomic E-state index is 0.145. The van der Waals surface area contributed by atoms with Gasteiger partial charge in [-0.05, 0) is 37.1 Å². The van der Waals surface area contributed by atoms with Crippen molar-refractivity contribution < 1.29 is 4.79 Å². The molecule has 3 heteroatoms. The zero-order valence-electron chi connectivity index (χ0n) is 10.5. The molecule has 1 aromatic rings. The number of hydrogen-bond donors (Lipinski definition) is 1. The van der Waals surface area contributed by atoms with Crippen molar-refractivity contribution in [2.75, 3.05) is 11.5 Å². The fourth-order valence-corrected chi connectivity index (χ4v) is 2.08. The first kappa shape index (κ1) is 13.7. The summed E-state index contributed by atoms with van der Waals surface area (Å²) in [7, 11) is 0. The van der Waals surface area contributed by atoms with Crippen LogP contribution in [0.3, 0.4) is 0 Å². The van der Waals surface area contributed by atoms with E-state index in [1.807, 2.05) is 26.0 Å². The Kier molecular flexibility index (Phi) is 5.11. The molecule has 1 rings (SSSR count). The first-order valence-electron chi connectivity index (χ1n) is 5.49. The van der Waals surface area contributed by atoms with Gasteiger partial charge >= 0.3 is 0 Å². The van der Waals surface area contributed by atoms with Crippen LogP contribution in [0.4, 0.5) is 5.69 Å². The molecule has 17 heavy (non-hydrogen) atoms. The van der Waals surface area contributed by atoms with Crippen LogP contribution in [0.2, 0.25) is 0 Å². The number of benzene rings is 1. The van der Waals surface area contributed by atoms with Gasteiger partial charge in [-0.15, -0.1) is 0 Å². The van der Waals surface area contributed by atoms with Crippen LogP contribution < -0.4 is 5.73 Å². The van der Waals surface area contributed by atoms with Crippen molar-refractivity contribution in [1.82, 2.24) is 0 Å². The molecule has 0 saturated heterocycles. The summed E-state index contributed by atoms with van der Waals surface area (Å²) in [6, 6.07) is 3.86. The van der Waals surface area contributed by atoms with Crippen molar-refractivity contribution in [2.24, 2.45) is 0 Å². The van der Waals surface area contributed by atoms with Crippen molar-refractivity contribution in [1.29, 1.82) is 0 Å².